The van der Waals surface area contributed by atoms with E-state index in [-0.39, 0.29) is 17.3 Å². The minimum absolute atomic E-state index is 0.162. The average Bonchev–Trinajstić information content (AvgIpc) is 2.80. The predicted octanol–water partition coefficient (Wildman–Crippen LogP) is 1.88. The fourth-order valence-electron chi connectivity index (χ4n) is 1.57. The molecule has 0 unspecified atom stereocenters. The molecule has 0 atom stereocenters. The molecule has 98 valence electrons. The third-order valence-electron chi connectivity index (χ3n) is 2.48. The summed E-state index contributed by atoms with van der Waals surface area (Å²) >= 11 is 10.8. The fourth-order valence-corrected chi connectivity index (χ4v) is 1.92. The van der Waals surface area contributed by atoms with Crippen molar-refractivity contribution in [2.75, 3.05) is 5.32 Å². The Kier molecular flexibility index (Phi) is 4.13. The summed E-state index contributed by atoms with van der Waals surface area (Å²) in [5.41, 5.74) is 6.76. The van der Waals surface area contributed by atoms with Crippen molar-refractivity contribution in [1.82, 2.24) is 10.2 Å². The van der Waals surface area contributed by atoms with Crippen LogP contribution in [0.25, 0.3) is 0 Å². The van der Waals surface area contributed by atoms with Crippen LogP contribution in [0.15, 0.2) is 30.5 Å². The topological polar surface area (TPSA) is 83.8 Å². The molecule has 0 aliphatic carbocycles. The van der Waals surface area contributed by atoms with Crippen LogP contribution in [0.3, 0.4) is 0 Å². The molecular formula is C12H11ClN4OS. The number of rotatable bonds is 4. The summed E-state index contributed by atoms with van der Waals surface area (Å²) in [5.74, 6) is 0.166. The molecule has 0 radical (unpaired) electrons. The van der Waals surface area contributed by atoms with Crippen molar-refractivity contribution in [3.8, 4) is 0 Å². The van der Waals surface area contributed by atoms with Crippen molar-refractivity contribution in [3.63, 3.8) is 0 Å². The van der Waals surface area contributed by atoms with Gasteiger partial charge in [0.1, 0.15) is 10.8 Å². The van der Waals surface area contributed by atoms with Gasteiger partial charge in [0.2, 0.25) is 5.91 Å². The Bertz CT molecular complexity index is 626. The second kappa shape index (κ2) is 5.81. The maximum Gasteiger partial charge on any atom is 0.230 e. The molecule has 0 aliphatic rings. The van der Waals surface area contributed by atoms with Gasteiger partial charge in [-0.25, -0.2) is 0 Å². The van der Waals surface area contributed by atoms with Gasteiger partial charge in [0.05, 0.1) is 18.2 Å². The molecule has 0 bridgehead atoms. The van der Waals surface area contributed by atoms with Gasteiger partial charge >= 0.3 is 0 Å². The summed E-state index contributed by atoms with van der Waals surface area (Å²) in [6.07, 6.45) is 1.63. The van der Waals surface area contributed by atoms with Gasteiger partial charge in [-0.3, -0.25) is 9.89 Å². The molecule has 1 heterocycles. The van der Waals surface area contributed by atoms with Gasteiger partial charge in [-0.1, -0.05) is 42.0 Å². The van der Waals surface area contributed by atoms with Crippen LogP contribution in [0.1, 0.15) is 11.1 Å². The number of H-pyrrole nitrogens is 1. The largest absolute Gasteiger partial charge is 0.389 e. The Morgan fingerprint density at radius 3 is 2.89 bits per heavy atom. The van der Waals surface area contributed by atoms with Crippen molar-refractivity contribution in [3.05, 3.63) is 46.6 Å². The number of hydrogen-bond acceptors (Lipinski definition) is 3. The van der Waals surface area contributed by atoms with Crippen LogP contribution in [0.5, 0.6) is 0 Å². The zero-order chi connectivity index (χ0) is 13.8. The highest BCUT2D eigenvalue weighted by Gasteiger charge is 2.12. The molecule has 0 saturated carbocycles. The molecule has 1 aromatic heterocycles. The molecule has 0 fully saturated rings. The first-order valence-corrected chi connectivity index (χ1v) is 6.23. The Balaban J connectivity index is 2.08. The van der Waals surface area contributed by atoms with Gasteiger partial charge in [-0.15, -0.1) is 0 Å². The lowest BCUT2D eigenvalue weighted by atomic mass is 10.1. The van der Waals surface area contributed by atoms with Crippen molar-refractivity contribution in [2.45, 2.75) is 6.42 Å². The number of amides is 1. The summed E-state index contributed by atoms with van der Waals surface area (Å²) in [6, 6.07) is 7.17. The van der Waals surface area contributed by atoms with Gasteiger partial charge in [-0.2, -0.15) is 5.10 Å². The minimum atomic E-state index is -0.227. The third-order valence-corrected chi connectivity index (χ3v) is 3.07. The van der Waals surface area contributed by atoms with Gasteiger partial charge in [-0.05, 0) is 11.6 Å². The highest BCUT2D eigenvalue weighted by Crippen LogP contribution is 2.16. The number of nitrogens with zero attached hydrogens (tertiary/aromatic N) is 1. The molecular weight excluding hydrogens is 284 g/mol. The zero-order valence-corrected chi connectivity index (χ0v) is 11.4. The van der Waals surface area contributed by atoms with Crippen molar-refractivity contribution >= 4 is 40.5 Å². The lowest BCUT2D eigenvalue weighted by Gasteiger charge is -2.06. The monoisotopic (exact) mass is 294 g/mol. The van der Waals surface area contributed by atoms with Crippen LogP contribution in [-0.2, 0) is 11.2 Å². The standard InChI is InChI=1S/C12H11ClN4OS/c13-9-4-2-1-3-7(9)5-10(18)16-12-8(11(14)19)6-15-17-12/h1-4,6H,5H2,(H2,14,19)(H2,15,16,17,18). The molecule has 7 heteroatoms. The normalized spacial score (nSPS) is 10.2. The number of aromatic nitrogens is 2. The second-order valence-electron chi connectivity index (χ2n) is 3.84. The fraction of sp³-hybridized carbons (Fsp3) is 0.0833. The summed E-state index contributed by atoms with van der Waals surface area (Å²) < 4.78 is 0. The van der Waals surface area contributed by atoms with Crippen molar-refractivity contribution < 1.29 is 4.79 Å². The van der Waals surface area contributed by atoms with E-state index in [9.17, 15) is 4.79 Å². The highest BCUT2D eigenvalue weighted by atomic mass is 35.5. The van der Waals surface area contributed by atoms with Crippen molar-refractivity contribution in [1.29, 1.82) is 0 Å². The molecule has 2 aromatic rings. The molecule has 1 amide bonds. The van der Waals surface area contributed by atoms with Crippen LogP contribution >= 0.6 is 23.8 Å². The SMILES string of the molecule is NC(=S)c1cn[nH]c1NC(=O)Cc1ccccc1Cl. The maximum absolute atomic E-state index is 11.9. The summed E-state index contributed by atoms with van der Waals surface area (Å²) in [7, 11) is 0. The molecule has 1 aromatic carbocycles. The molecule has 2 rings (SSSR count). The number of carbonyl (C=O) groups excluding carboxylic acids is 1. The van der Waals surface area contributed by atoms with Gasteiger partial charge in [0.25, 0.3) is 0 Å². The van der Waals surface area contributed by atoms with Gasteiger partial charge < -0.3 is 11.1 Å². The molecule has 0 saturated heterocycles. The number of hydrogen-bond donors (Lipinski definition) is 3. The van der Waals surface area contributed by atoms with E-state index in [1.807, 2.05) is 12.1 Å². The van der Waals surface area contributed by atoms with E-state index in [2.05, 4.69) is 15.5 Å². The Hall–Kier alpha value is -1.92. The summed E-state index contributed by atoms with van der Waals surface area (Å²) in [5, 5.41) is 9.64. The van der Waals surface area contributed by atoms with E-state index in [0.717, 1.165) is 5.56 Å². The predicted molar refractivity (Wildman–Crippen MR) is 78.3 cm³/mol. The average molecular weight is 295 g/mol. The number of nitrogens with two attached hydrogens (primary N) is 1. The first kappa shape index (κ1) is 13.5. The molecule has 19 heavy (non-hydrogen) atoms. The van der Waals surface area contributed by atoms with E-state index in [1.54, 1.807) is 12.1 Å². The number of benzene rings is 1. The van der Waals surface area contributed by atoms with Crippen molar-refractivity contribution in [2.24, 2.45) is 5.73 Å². The third kappa shape index (κ3) is 3.30. The Morgan fingerprint density at radius 1 is 1.47 bits per heavy atom. The van der Waals surface area contributed by atoms with E-state index in [1.165, 1.54) is 6.20 Å². The van der Waals surface area contributed by atoms with E-state index in [0.29, 0.717) is 16.4 Å². The van der Waals surface area contributed by atoms with Crippen LogP contribution in [0.4, 0.5) is 5.82 Å². The molecule has 0 aliphatic heterocycles. The number of halogens is 1. The number of anilines is 1. The Morgan fingerprint density at radius 2 is 2.21 bits per heavy atom. The first-order chi connectivity index (χ1) is 9.08. The van der Waals surface area contributed by atoms with Crippen LogP contribution in [-0.4, -0.2) is 21.1 Å². The number of carbonyl (C=O) groups is 1. The highest BCUT2D eigenvalue weighted by molar-refractivity contribution is 7.80. The number of aromatic amines is 1. The van der Waals surface area contributed by atoms with Crippen LogP contribution < -0.4 is 11.1 Å². The quantitative estimate of drug-likeness (QED) is 0.752. The lowest BCUT2D eigenvalue weighted by Crippen LogP contribution is -2.18. The van der Waals surface area contributed by atoms with E-state index in [4.69, 9.17) is 29.6 Å². The first-order valence-electron chi connectivity index (χ1n) is 5.44. The smallest absolute Gasteiger partial charge is 0.230 e. The van der Waals surface area contributed by atoms with Gasteiger partial charge in [0.15, 0.2) is 0 Å². The second-order valence-corrected chi connectivity index (χ2v) is 4.69. The van der Waals surface area contributed by atoms with E-state index < -0.39 is 0 Å². The zero-order valence-electron chi connectivity index (χ0n) is 9.81. The summed E-state index contributed by atoms with van der Waals surface area (Å²) in [4.78, 5) is 12.1. The minimum Gasteiger partial charge on any atom is -0.389 e. The van der Waals surface area contributed by atoms with Crippen LogP contribution in [0.2, 0.25) is 5.02 Å². The Labute approximate surface area is 120 Å². The lowest BCUT2D eigenvalue weighted by molar-refractivity contribution is -0.115. The molecule has 4 N–H and O–H groups in total. The maximum atomic E-state index is 11.9. The number of nitrogens with one attached hydrogen (secondary N) is 2. The summed E-state index contributed by atoms with van der Waals surface area (Å²) in [6.45, 7) is 0. The number of thiocarbonyl (C=S) groups is 1. The molecule has 0 spiro atoms. The molecule has 5 nitrogen and oxygen atoms in total. The van der Waals surface area contributed by atoms with E-state index >= 15 is 0 Å². The van der Waals surface area contributed by atoms with Gasteiger partial charge in [0, 0.05) is 5.02 Å². The van der Waals surface area contributed by atoms with Crippen LogP contribution in [0, 0.1) is 0 Å².